The van der Waals surface area contributed by atoms with Crippen LogP contribution in [0.25, 0.3) is 0 Å². The molecule has 0 radical (unpaired) electrons. The van der Waals surface area contributed by atoms with Crippen molar-refractivity contribution in [1.29, 1.82) is 0 Å². The predicted octanol–water partition coefficient (Wildman–Crippen LogP) is 2.34. The van der Waals surface area contributed by atoms with Gasteiger partial charge in [-0.25, -0.2) is 0 Å². The van der Waals surface area contributed by atoms with Gasteiger partial charge in [-0.2, -0.15) is 0 Å². The third-order valence-electron chi connectivity index (χ3n) is 3.01. The van der Waals surface area contributed by atoms with Crippen molar-refractivity contribution in [3.05, 3.63) is 23.2 Å². The van der Waals surface area contributed by atoms with Crippen LogP contribution in [-0.2, 0) is 4.74 Å². The van der Waals surface area contributed by atoms with Crippen LogP contribution in [0.4, 0.5) is 0 Å². The maximum atomic E-state index is 5.84. The third kappa shape index (κ3) is 2.24. The number of rotatable bonds is 2. The minimum atomic E-state index is 0.158. The normalized spacial score (nSPS) is 26.9. The Hall–Kier alpha value is -0.800. The summed E-state index contributed by atoms with van der Waals surface area (Å²) in [5, 5.41) is 3.49. The molecule has 1 aromatic rings. The molecule has 3 nitrogen and oxygen atoms in total. The minimum absolute atomic E-state index is 0.158. The van der Waals surface area contributed by atoms with Crippen LogP contribution in [0, 0.1) is 13.8 Å². The summed E-state index contributed by atoms with van der Waals surface area (Å²) in [7, 11) is 0. The van der Waals surface area contributed by atoms with Crippen molar-refractivity contribution < 1.29 is 9.15 Å². The maximum Gasteiger partial charge on any atom is 0.106 e. The summed E-state index contributed by atoms with van der Waals surface area (Å²) in [6.45, 7) is 7.83. The first kappa shape index (κ1) is 10.7. The Kier molecular flexibility index (Phi) is 3.12. The Morgan fingerprint density at radius 2 is 2.27 bits per heavy atom. The first-order valence-electron chi connectivity index (χ1n) is 5.62. The molecule has 0 aliphatic carbocycles. The average molecular weight is 209 g/mol. The molecule has 1 N–H and O–H groups in total. The summed E-state index contributed by atoms with van der Waals surface area (Å²) >= 11 is 0. The molecule has 2 rings (SSSR count). The lowest BCUT2D eigenvalue weighted by Crippen LogP contribution is -2.42. The van der Waals surface area contributed by atoms with E-state index in [1.54, 1.807) is 0 Å². The van der Waals surface area contributed by atoms with Crippen LogP contribution in [0.3, 0.4) is 0 Å². The number of ether oxygens (including phenoxy) is 1. The van der Waals surface area contributed by atoms with Crippen molar-refractivity contribution in [3.8, 4) is 0 Å². The van der Waals surface area contributed by atoms with E-state index in [-0.39, 0.29) is 6.10 Å². The molecule has 1 aromatic heterocycles. The summed E-state index contributed by atoms with van der Waals surface area (Å²) in [5.41, 5.74) is 1.19. The van der Waals surface area contributed by atoms with E-state index in [2.05, 4.69) is 18.3 Å². The molecular formula is C12H19NO2. The highest BCUT2D eigenvalue weighted by Crippen LogP contribution is 2.26. The number of furan rings is 1. The second-order valence-corrected chi connectivity index (χ2v) is 4.20. The van der Waals surface area contributed by atoms with E-state index in [1.165, 1.54) is 5.56 Å². The SMILES string of the molecule is CCC1COC(c2cc(C)oc2C)CN1. The Morgan fingerprint density at radius 1 is 1.47 bits per heavy atom. The number of nitrogens with one attached hydrogen (secondary N) is 1. The number of aryl methyl sites for hydroxylation is 2. The number of morpholine rings is 1. The van der Waals surface area contributed by atoms with E-state index in [4.69, 9.17) is 9.15 Å². The van der Waals surface area contributed by atoms with Crippen molar-refractivity contribution in [2.75, 3.05) is 13.2 Å². The van der Waals surface area contributed by atoms with Gasteiger partial charge in [-0.1, -0.05) is 6.92 Å². The first-order chi connectivity index (χ1) is 7.20. The average Bonchev–Trinajstić information content (AvgIpc) is 2.58. The smallest absolute Gasteiger partial charge is 0.106 e. The summed E-state index contributed by atoms with van der Waals surface area (Å²) in [5.74, 6) is 1.94. The summed E-state index contributed by atoms with van der Waals surface area (Å²) in [6, 6.07) is 2.59. The highest BCUT2D eigenvalue weighted by Gasteiger charge is 2.24. The molecule has 0 spiro atoms. The van der Waals surface area contributed by atoms with Crippen LogP contribution in [-0.4, -0.2) is 19.2 Å². The molecule has 0 amide bonds. The van der Waals surface area contributed by atoms with E-state index in [0.717, 1.165) is 31.1 Å². The van der Waals surface area contributed by atoms with Gasteiger partial charge in [0.25, 0.3) is 0 Å². The molecule has 84 valence electrons. The number of hydrogen-bond acceptors (Lipinski definition) is 3. The van der Waals surface area contributed by atoms with Gasteiger partial charge in [0.1, 0.15) is 11.5 Å². The van der Waals surface area contributed by atoms with Gasteiger partial charge in [-0.3, -0.25) is 0 Å². The topological polar surface area (TPSA) is 34.4 Å². The van der Waals surface area contributed by atoms with Crippen LogP contribution in [0.5, 0.6) is 0 Å². The largest absolute Gasteiger partial charge is 0.466 e. The molecule has 0 aromatic carbocycles. The molecule has 0 bridgehead atoms. The lowest BCUT2D eigenvalue weighted by molar-refractivity contribution is 0.00150. The molecule has 1 saturated heterocycles. The third-order valence-corrected chi connectivity index (χ3v) is 3.01. The molecule has 2 heterocycles. The van der Waals surface area contributed by atoms with Crippen molar-refractivity contribution >= 4 is 0 Å². The standard InChI is InChI=1S/C12H19NO2/c1-4-10-7-14-12(6-13-10)11-5-8(2)15-9(11)3/h5,10,12-13H,4,6-7H2,1-3H3. The van der Waals surface area contributed by atoms with Gasteiger partial charge >= 0.3 is 0 Å². The Balaban J connectivity index is 2.04. The molecule has 3 heteroatoms. The fourth-order valence-electron chi connectivity index (χ4n) is 2.06. The highest BCUT2D eigenvalue weighted by molar-refractivity contribution is 5.23. The molecular weight excluding hydrogens is 190 g/mol. The van der Waals surface area contributed by atoms with Crippen molar-refractivity contribution in [2.24, 2.45) is 0 Å². The van der Waals surface area contributed by atoms with Gasteiger partial charge in [0.15, 0.2) is 0 Å². The van der Waals surface area contributed by atoms with Crippen molar-refractivity contribution in [3.63, 3.8) is 0 Å². The lowest BCUT2D eigenvalue weighted by atomic mass is 10.1. The van der Waals surface area contributed by atoms with Crippen LogP contribution in [0.1, 0.15) is 36.5 Å². The monoisotopic (exact) mass is 209 g/mol. The predicted molar refractivity (Wildman–Crippen MR) is 59.0 cm³/mol. The summed E-state index contributed by atoms with van der Waals surface area (Å²) in [4.78, 5) is 0. The minimum Gasteiger partial charge on any atom is -0.466 e. The van der Waals surface area contributed by atoms with E-state index in [1.807, 2.05) is 13.8 Å². The molecule has 0 saturated carbocycles. The van der Waals surface area contributed by atoms with Crippen LogP contribution in [0.2, 0.25) is 0 Å². The highest BCUT2D eigenvalue weighted by atomic mass is 16.5. The quantitative estimate of drug-likeness (QED) is 0.811. The van der Waals surface area contributed by atoms with E-state index in [0.29, 0.717) is 6.04 Å². The first-order valence-corrected chi connectivity index (χ1v) is 5.62. The van der Waals surface area contributed by atoms with Crippen molar-refractivity contribution in [1.82, 2.24) is 5.32 Å². The molecule has 15 heavy (non-hydrogen) atoms. The molecule has 1 aliphatic rings. The molecule has 2 unspecified atom stereocenters. The van der Waals surface area contributed by atoms with Gasteiger partial charge in [-0.15, -0.1) is 0 Å². The fraction of sp³-hybridized carbons (Fsp3) is 0.667. The second kappa shape index (κ2) is 4.37. The van der Waals surface area contributed by atoms with E-state index >= 15 is 0 Å². The van der Waals surface area contributed by atoms with Crippen LogP contribution >= 0.6 is 0 Å². The Bertz CT molecular complexity index is 324. The van der Waals surface area contributed by atoms with Gasteiger partial charge in [-0.05, 0) is 26.3 Å². The Morgan fingerprint density at radius 3 is 2.73 bits per heavy atom. The van der Waals surface area contributed by atoms with Gasteiger partial charge < -0.3 is 14.5 Å². The molecule has 1 aliphatic heterocycles. The van der Waals surface area contributed by atoms with E-state index < -0.39 is 0 Å². The summed E-state index contributed by atoms with van der Waals surface area (Å²) in [6.07, 6.45) is 1.28. The van der Waals surface area contributed by atoms with Gasteiger partial charge in [0.2, 0.25) is 0 Å². The summed E-state index contributed by atoms with van der Waals surface area (Å²) < 4.78 is 11.4. The molecule has 1 fully saturated rings. The molecule has 2 atom stereocenters. The Labute approximate surface area is 90.8 Å². The van der Waals surface area contributed by atoms with E-state index in [9.17, 15) is 0 Å². The van der Waals surface area contributed by atoms with Crippen LogP contribution < -0.4 is 5.32 Å². The zero-order chi connectivity index (χ0) is 10.8. The van der Waals surface area contributed by atoms with Gasteiger partial charge in [0, 0.05) is 18.2 Å². The lowest BCUT2D eigenvalue weighted by Gasteiger charge is -2.29. The second-order valence-electron chi connectivity index (χ2n) is 4.20. The zero-order valence-corrected chi connectivity index (χ0v) is 9.67. The fourth-order valence-corrected chi connectivity index (χ4v) is 2.06. The van der Waals surface area contributed by atoms with Crippen LogP contribution in [0.15, 0.2) is 10.5 Å². The zero-order valence-electron chi connectivity index (χ0n) is 9.67. The van der Waals surface area contributed by atoms with Gasteiger partial charge in [0.05, 0.1) is 12.7 Å². The number of hydrogen-bond donors (Lipinski definition) is 1. The maximum absolute atomic E-state index is 5.84. The van der Waals surface area contributed by atoms with Crippen molar-refractivity contribution in [2.45, 2.75) is 39.3 Å².